The van der Waals surface area contributed by atoms with Gasteiger partial charge in [0.05, 0.1) is 6.10 Å². The second-order valence-corrected chi connectivity index (χ2v) is 6.09. The summed E-state index contributed by atoms with van der Waals surface area (Å²) in [5.41, 5.74) is 1.93. The molecule has 0 atom stereocenters. The summed E-state index contributed by atoms with van der Waals surface area (Å²) in [6.45, 7) is 4.61. The topological polar surface area (TPSA) is 43.8 Å². The summed E-state index contributed by atoms with van der Waals surface area (Å²) in [4.78, 5) is 16.7. The molecule has 114 valence electrons. The lowest BCUT2D eigenvalue weighted by atomic mass is 10.1. The molecular weight excluding hydrogens is 264 g/mol. The van der Waals surface area contributed by atoms with E-state index in [0.29, 0.717) is 6.04 Å². The first kappa shape index (κ1) is 14.4. The lowest BCUT2D eigenvalue weighted by Crippen LogP contribution is -2.36. The summed E-state index contributed by atoms with van der Waals surface area (Å²) < 4.78 is 0. The number of carbonyl (C=O) groups excluding carboxylic acids is 1. The molecular formula is C17H24N2O2. The molecule has 2 aliphatic rings. The normalized spacial score (nSPS) is 19.6. The van der Waals surface area contributed by atoms with E-state index < -0.39 is 0 Å². The van der Waals surface area contributed by atoms with E-state index in [0.717, 1.165) is 56.6 Å². The van der Waals surface area contributed by atoms with Gasteiger partial charge in [-0.1, -0.05) is 0 Å². The maximum atomic E-state index is 12.5. The molecule has 0 spiro atoms. The largest absolute Gasteiger partial charge is 0.393 e. The summed E-state index contributed by atoms with van der Waals surface area (Å²) in [7, 11) is 0. The first-order chi connectivity index (χ1) is 10.2. The molecule has 1 aliphatic carbocycles. The number of anilines is 1. The van der Waals surface area contributed by atoms with Crippen molar-refractivity contribution in [3.63, 3.8) is 0 Å². The van der Waals surface area contributed by atoms with E-state index in [1.807, 2.05) is 36.1 Å². The Labute approximate surface area is 126 Å². The lowest BCUT2D eigenvalue weighted by Gasteiger charge is -2.31. The molecule has 0 aromatic heterocycles. The fourth-order valence-corrected chi connectivity index (χ4v) is 3.06. The molecule has 1 N–H and O–H groups in total. The van der Waals surface area contributed by atoms with Crippen molar-refractivity contribution in [1.82, 2.24) is 4.90 Å². The summed E-state index contributed by atoms with van der Waals surface area (Å²) in [6.07, 6.45) is 3.79. The predicted octanol–water partition coefficient (Wildman–Crippen LogP) is 2.27. The molecule has 0 bridgehead atoms. The number of aliphatic hydroxyl groups is 1. The van der Waals surface area contributed by atoms with E-state index in [9.17, 15) is 9.90 Å². The SMILES string of the molecule is CCN(C(=O)c1ccc(N2CCC(O)CC2)cc1)C1CC1. The zero-order valence-corrected chi connectivity index (χ0v) is 12.7. The second-order valence-electron chi connectivity index (χ2n) is 6.09. The highest BCUT2D eigenvalue weighted by Crippen LogP contribution is 2.28. The van der Waals surface area contributed by atoms with Crippen molar-refractivity contribution in [3.05, 3.63) is 29.8 Å². The fraction of sp³-hybridized carbons (Fsp3) is 0.588. The molecule has 21 heavy (non-hydrogen) atoms. The highest BCUT2D eigenvalue weighted by Gasteiger charge is 2.31. The average Bonchev–Trinajstić information content (AvgIpc) is 3.34. The first-order valence-electron chi connectivity index (χ1n) is 8.03. The van der Waals surface area contributed by atoms with E-state index in [-0.39, 0.29) is 12.0 Å². The van der Waals surface area contributed by atoms with Gasteiger partial charge in [-0.2, -0.15) is 0 Å². The maximum absolute atomic E-state index is 12.5. The van der Waals surface area contributed by atoms with Gasteiger partial charge in [0.2, 0.25) is 0 Å². The van der Waals surface area contributed by atoms with Crippen molar-refractivity contribution in [1.29, 1.82) is 0 Å². The highest BCUT2D eigenvalue weighted by molar-refractivity contribution is 5.95. The Hall–Kier alpha value is -1.55. The van der Waals surface area contributed by atoms with Crippen molar-refractivity contribution in [2.45, 2.75) is 44.8 Å². The standard InChI is InChI=1S/C17H24N2O2/c1-2-19(15-7-8-15)17(21)13-3-5-14(6-4-13)18-11-9-16(20)10-12-18/h3-6,15-16,20H,2,7-12H2,1H3. The van der Waals surface area contributed by atoms with Crippen molar-refractivity contribution in [3.8, 4) is 0 Å². The molecule has 3 rings (SSSR count). The summed E-state index contributed by atoms with van der Waals surface area (Å²) in [6, 6.07) is 8.41. The van der Waals surface area contributed by atoms with Gasteiger partial charge in [-0.3, -0.25) is 4.79 Å². The van der Waals surface area contributed by atoms with Crippen LogP contribution < -0.4 is 4.90 Å². The van der Waals surface area contributed by atoms with Crippen LogP contribution in [0.15, 0.2) is 24.3 Å². The molecule has 2 fully saturated rings. The van der Waals surface area contributed by atoms with Crippen LogP contribution in [-0.4, -0.2) is 47.7 Å². The third-order valence-corrected chi connectivity index (χ3v) is 4.53. The van der Waals surface area contributed by atoms with Crippen LogP contribution in [0.25, 0.3) is 0 Å². The van der Waals surface area contributed by atoms with Gasteiger partial charge in [0.15, 0.2) is 0 Å². The Bertz CT molecular complexity index is 488. The molecule has 1 amide bonds. The van der Waals surface area contributed by atoms with Crippen molar-refractivity contribution < 1.29 is 9.90 Å². The Morgan fingerprint density at radius 1 is 1.19 bits per heavy atom. The fourth-order valence-electron chi connectivity index (χ4n) is 3.06. The molecule has 1 saturated heterocycles. The van der Waals surface area contributed by atoms with Crippen molar-refractivity contribution >= 4 is 11.6 Å². The number of carbonyl (C=O) groups is 1. The smallest absolute Gasteiger partial charge is 0.254 e. The molecule has 1 aromatic rings. The molecule has 0 radical (unpaired) electrons. The Morgan fingerprint density at radius 2 is 1.81 bits per heavy atom. The Kier molecular flexibility index (Phi) is 4.15. The third-order valence-electron chi connectivity index (χ3n) is 4.53. The number of amides is 1. The van der Waals surface area contributed by atoms with E-state index in [1.165, 1.54) is 0 Å². The lowest BCUT2D eigenvalue weighted by molar-refractivity contribution is 0.0752. The van der Waals surface area contributed by atoms with Gasteiger partial charge < -0.3 is 14.9 Å². The van der Waals surface area contributed by atoms with Crippen LogP contribution in [0.2, 0.25) is 0 Å². The quantitative estimate of drug-likeness (QED) is 0.924. The van der Waals surface area contributed by atoms with Crippen molar-refractivity contribution in [2.75, 3.05) is 24.5 Å². The summed E-state index contributed by atoms with van der Waals surface area (Å²) in [5, 5.41) is 9.56. The zero-order chi connectivity index (χ0) is 14.8. The predicted molar refractivity (Wildman–Crippen MR) is 83.6 cm³/mol. The highest BCUT2D eigenvalue weighted by atomic mass is 16.3. The number of hydrogen-bond donors (Lipinski definition) is 1. The molecule has 1 saturated carbocycles. The molecule has 1 aliphatic heterocycles. The van der Waals surface area contributed by atoms with Crippen LogP contribution >= 0.6 is 0 Å². The number of rotatable bonds is 4. The van der Waals surface area contributed by atoms with E-state index in [4.69, 9.17) is 0 Å². The van der Waals surface area contributed by atoms with E-state index in [1.54, 1.807) is 0 Å². The molecule has 4 nitrogen and oxygen atoms in total. The van der Waals surface area contributed by atoms with Gasteiger partial charge in [0.25, 0.3) is 5.91 Å². The zero-order valence-electron chi connectivity index (χ0n) is 12.7. The van der Waals surface area contributed by atoms with Gasteiger partial charge in [-0.05, 0) is 56.9 Å². The van der Waals surface area contributed by atoms with Crippen LogP contribution in [0.4, 0.5) is 5.69 Å². The Morgan fingerprint density at radius 3 is 2.33 bits per heavy atom. The van der Waals surface area contributed by atoms with Gasteiger partial charge in [-0.15, -0.1) is 0 Å². The van der Waals surface area contributed by atoms with Crippen LogP contribution in [0.1, 0.15) is 43.0 Å². The molecule has 1 heterocycles. The van der Waals surface area contributed by atoms with Gasteiger partial charge >= 0.3 is 0 Å². The van der Waals surface area contributed by atoms with Crippen LogP contribution in [0.5, 0.6) is 0 Å². The number of benzene rings is 1. The second kappa shape index (κ2) is 6.06. The van der Waals surface area contributed by atoms with Crippen LogP contribution in [-0.2, 0) is 0 Å². The minimum absolute atomic E-state index is 0.153. The average molecular weight is 288 g/mol. The summed E-state index contributed by atoms with van der Waals surface area (Å²) >= 11 is 0. The van der Waals surface area contributed by atoms with Gasteiger partial charge in [0, 0.05) is 36.9 Å². The van der Waals surface area contributed by atoms with Crippen LogP contribution in [0.3, 0.4) is 0 Å². The molecule has 1 aromatic carbocycles. The Balaban J connectivity index is 1.67. The van der Waals surface area contributed by atoms with Gasteiger partial charge in [-0.25, -0.2) is 0 Å². The third kappa shape index (κ3) is 3.21. The molecule has 0 unspecified atom stereocenters. The monoisotopic (exact) mass is 288 g/mol. The summed E-state index contributed by atoms with van der Waals surface area (Å²) in [5.74, 6) is 0.153. The first-order valence-corrected chi connectivity index (χ1v) is 8.03. The minimum Gasteiger partial charge on any atom is -0.393 e. The van der Waals surface area contributed by atoms with Gasteiger partial charge in [0.1, 0.15) is 0 Å². The van der Waals surface area contributed by atoms with E-state index in [2.05, 4.69) is 4.90 Å². The number of piperidine rings is 1. The van der Waals surface area contributed by atoms with Crippen molar-refractivity contribution in [2.24, 2.45) is 0 Å². The van der Waals surface area contributed by atoms with E-state index >= 15 is 0 Å². The molecule has 4 heteroatoms. The minimum atomic E-state index is -0.154. The van der Waals surface area contributed by atoms with Crippen LogP contribution in [0, 0.1) is 0 Å². The number of hydrogen-bond acceptors (Lipinski definition) is 3. The number of aliphatic hydroxyl groups excluding tert-OH is 1. The number of nitrogens with zero attached hydrogens (tertiary/aromatic N) is 2. The maximum Gasteiger partial charge on any atom is 0.254 e.